The van der Waals surface area contributed by atoms with Crippen molar-refractivity contribution in [1.29, 1.82) is 0 Å². The van der Waals surface area contributed by atoms with Crippen LogP contribution in [-0.2, 0) is 6.54 Å². The Bertz CT molecular complexity index is 901. The molecule has 1 aromatic heterocycles. The van der Waals surface area contributed by atoms with Gasteiger partial charge in [-0.15, -0.1) is 0 Å². The maximum absolute atomic E-state index is 13.8. The molecule has 30 heavy (non-hydrogen) atoms. The standard InChI is InChI=1S/C20H28ClF2N7/c1-19(2,3)11-26-18-27-16(29-9-8-20(22,23)12-29)15(24)17(28-18)30(25)10-13-6-4-5-7-14(13)21/h4-7H,8-12,24-25H2,1-3H3,(H,26,27,28)/p+1. The number of hydrazine groups is 1. The largest absolute Gasteiger partial charge is 0.390 e. The van der Waals surface area contributed by atoms with Gasteiger partial charge in [-0.25, -0.2) is 19.6 Å². The summed E-state index contributed by atoms with van der Waals surface area (Å²) < 4.78 is 27.7. The zero-order valence-corrected chi connectivity index (χ0v) is 18.2. The number of H-pyrrole nitrogens is 1. The number of nitrogens with zero attached hydrogens (tertiary/aromatic N) is 3. The van der Waals surface area contributed by atoms with E-state index in [-0.39, 0.29) is 36.4 Å². The lowest BCUT2D eigenvalue weighted by Gasteiger charge is -2.23. The summed E-state index contributed by atoms with van der Waals surface area (Å²) in [6.07, 6.45) is -0.228. The molecule has 1 aliphatic rings. The van der Waals surface area contributed by atoms with Crippen LogP contribution in [0.15, 0.2) is 24.3 Å². The Morgan fingerprint density at radius 2 is 2.03 bits per heavy atom. The molecule has 164 valence electrons. The van der Waals surface area contributed by atoms with Crippen LogP contribution in [0.25, 0.3) is 0 Å². The lowest BCUT2D eigenvalue weighted by Crippen LogP contribution is -2.37. The van der Waals surface area contributed by atoms with E-state index in [4.69, 9.17) is 23.2 Å². The topological polar surface area (TPSA) is 97.6 Å². The number of hydrogen-bond donors (Lipinski definition) is 3. The number of hydrogen-bond acceptors (Lipinski definition) is 6. The molecule has 1 fully saturated rings. The zero-order valence-electron chi connectivity index (χ0n) is 17.5. The van der Waals surface area contributed by atoms with E-state index in [0.717, 1.165) is 5.56 Å². The highest BCUT2D eigenvalue weighted by molar-refractivity contribution is 6.31. The number of aromatic nitrogens is 2. The van der Waals surface area contributed by atoms with Gasteiger partial charge in [0.25, 0.3) is 5.92 Å². The minimum Gasteiger partial charge on any atom is -0.390 e. The molecule has 3 rings (SSSR count). The summed E-state index contributed by atoms with van der Waals surface area (Å²) in [5, 5.41) is 5.17. The molecule has 0 aliphatic carbocycles. The van der Waals surface area contributed by atoms with Gasteiger partial charge in [-0.2, -0.15) is 0 Å². The van der Waals surface area contributed by atoms with E-state index >= 15 is 0 Å². The molecule has 1 aromatic carbocycles. The van der Waals surface area contributed by atoms with E-state index in [2.05, 4.69) is 36.1 Å². The molecular formula is C20H29ClF2N7+. The number of benzene rings is 1. The lowest BCUT2D eigenvalue weighted by molar-refractivity contribution is -0.350. The van der Waals surface area contributed by atoms with Gasteiger partial charge in [0.1, 0.15) is 6.54 Å². The van der Waals surface area contributed by atoms with Crippen LogP contribution in [0, 0.1) is 5.41 Å². The van der Waals surface area contributed by atoms with Gasteiger partial charge < -0.3 is 10.6 Å². The summed E-state index contributed by atoms with van der Waals surface area (Å²) in [4.78, 5) is 9.13. The highest BCUT2D eigenvalue weighted by Gasteiger charge is 2.42. The molecule has 2 aromatic rings. The minimum absolute atomic E-state index is 0.0160. The van der Waals surface area contributed by atoms with E-state index in [1.165, 1.54) is 9.91 Å². The van der Waals surface area contributed by atoms with Crippen LogP contribution in [0.4, 0.5) is 32.1 Å². The molecule has 1 aliphatic heterocycles. The Balaban J connectivity index is 1.95. The van der Waals surface area contributed by atoms with Crippen molar-refractivity contribution in [3.8, 4) is 0 Å². The fourth-order valence-electron chi connectivity index (χ4n) is 3.19. The first-order valence-corrected chi connectivity index (χ1v) is 10.2. The van der Waals surface area contributed by atoms with Crippen molar-refractivity contribution in [3.05, 3.63) is 34.9 Å². The van der Waals surface area contributed by atoms with Gasteiger partial charge in [-0.05, 0) is 17.0 Å². The van der Waals surface area contributed by atoms with Gasteiger partial charge in [0.2, 0.25) is 11.6 Å². The van der Waals surface area contributed by atoms with Gasteiger partial charge >= 0.3 is 5.95 Å². The van der Waals surface area contributed by atoms with E-state index in [0.29, 0.717) is 23.3 Å². The van der Waals surface area contributed by atoms with Crippen molar-refractivity contribution < 1.29 is 13.8 Å². The molecule has 1 saturated heterocycles. The summed E-state index contributed by atoms with van der Waals surface area (Å²) in [5.74, 6) is 4.61. The Hall–Kier alpha value is -2.39. The quantitative estimate of drug-likeness (QED) is 0.471. The predicted molar refractivity (Wildman–Crippen MR) is 117 cm³/mol. The smallest absolute Gasteiger partial charge is 0.347 e. The highest BCUT2D eigenvalue weighted by Crippen LogP contribution is 2.35. The van der Waals surface area contributed by atoms with E-state index in [1.807, 2.05) is 18.2 Å². The highest BCUT2D eigenvalue weighted by atomic mass is 35.5. The average Bonchev–Trinajstić information content (AvgIpc) is 3.01. The number of nitrogen functional groups attached to an aromatic ring is 1. The zero-order chi connectivity index (χ0) is 22.1. The molecule has 6 N–H and O–H groups in total. The van der Waals surface area contributed by atoms with Crippen molar-refractivity contribution in [1.82, 2.24) is 4.98 Å². The van der Waals surface area contributed by atoms with Gasteiger partial charge in [0.05, 0.1) is 19.6 Å². The number of halogens is 3. The fourth-order valence-corrected chi connectivity index (χ4v) is 3.39. The third kappa shape index (κ3) is 5.40. The third-order valence-electron chi connectivity index (χ3n) is 4.79. The predicted octanol–water partition coefficient (Wildman–Crippen LogP) is 3.32. The van der Waals surface area contributed by atoms with E-state index in [1.54, 1.807) is 6.07 Å². The number of anilines is 4. The van der Waals surface area contributed by atoms with Gasteiger partial charge in [0, 0.05) is 11.4 Å². The molecule has 0 radical (unpaired) electrons. The van der Waals surface area contributed by atoms with Crippen LogP contribution in [0.1, 0.15) is 32.8 Å². The minimum atomic E-state index is -2.76. The Kier molecular flexibility index (Phi) is 6.24. The summed E-state index contributed by atoms with van der Waals surface area (Å²) in [7, 11) is 0. The second-order valence-electron chi connectivity index (χ2n) is 8.83. The van der Waals surface area contributed by atoms with Crippen LogP contribution >= 0.6 is 11.6 Å². The first-order chi connectivity index (χ1) is 14.0. The van der Waals surface area contributed by atoms with Crippen LogP contribution in [-0.4, -0.2) is 30.5 Å². The van der Waals surface area contributed by atoms with Gasteiger partial charge in [-0.1, -0.05) is 55.6 Å². The molecule has 0 bridgehead atoms. The fraction of sp³-hybridized carbons (Fsp3) is 0.500. The second kappa shape index (κ2) is 8.39. The molecule has 7 nitrogen and oxygen atoms in total. The monoisotopic (exact) mass is 440 g/mol. The van der Waals surface area contributed by atoms with Crippen LogP contribution in [0.5, 0.6) is 0 Å². The molecule has 0 amide bonds. The number of rotatable bonds is 6. The maximum atomic E-state index is 13.8. The molecule has 0 spiro atoms. The van der Waals surface area contributed by atoms with Crippen molar-refractivity contribution in [2.75, 3.05) is 40.6 Å². The average molecular weight is 441 g/mol. The summed E-state index contributed by atoms with van der Waals surface area (Å²) in [5.41, 5.74) is 7.33. The van der Waals surface area contributed by atoms with E-state index < -0.39 is 12.5 Å². The lowest BCUT2D eigenvalue weighted by atomic mass is 9.97. The number of alkyl halides is 2. The summed E-state index contributed by atoms with van der Waals surface area (Å²) >= 11 is 6.25. The molecule has 2 heterocycles. The molecule has 10 heteroatoms. The van der Waals surface area contributed by atoms with Crippen LogP contribution in [0.3, 0.4) is 0 Å². The van der Waals surface area contributed by atoms with Crippen molar-refractivity contribution in [3.63, 3.8) is 0 Å². The second-order valence-corrected chi connectivity index (χ2v) is 9.24. The Labute approximate surface area is 180 Å². The number of nitrogens with two attached hydrogens (primary N) is 2. The molecule has 0 unspecified atom stereocenters. The van der Waals surface area contributed by atoms with Gasteiger partial charge in [0.15, 0.2) is 5.69 Å². The SMILES string of the molecule is CC(C)(C)CNc1nc(N(N)Cc2ccccc2Cl)c(N)c(N2CCC(F)(F)C2)[nH+]1. The first kappa shape index (κ1) is 22.3. The third-order valence-corrected chi connectivity index (χ3v) is 5.16. The van der Waals surface area contributed by atoms with Gasteiger partial charge in [-0.3, -0.25) is 10.3 Å². The summed E-state index contributed by atoms with van der Waals surface area (Å²) in [6.45, 7) is 6.88. The van der Waals surface area contributed by atoms with Crippen molar-refractivity contribution in [2.24, 2.45) is 11.3 Å². The normalized spacial score (nSPS) is 16.0. The Morgan fingerprint density at radius 1 is 1.33 bits per heavy atom. The molecule has 0 atom stereocenters. The number of aromatic amines is 1. The summed E-state index contributed by atoms with van der Waals surface area (Å²) in [6, 6.07) is 7.32. The van der Waals surface area contributed by atoms with Crippen LogP contribution in [0.2, 0.25) is 5.02 Å². The van der Waals surface area contributed by atoms with Crippen molar-refractivity contribution >= 4 is 34.9 Å². The maximum Gasteiger partial charge on any atom is 0.347 e. The van der Waals surface area contributed by atoms with Crippen molar-refractivity contribution in [2.45, 2.75) is 39.7 Å². The van der Waals surface area contributed by atoms with Crippen LogP contribution < -0.4 is 31.8 Å². The molecular weight excluding hydrogens is 412 g/mol. The number of nitrogens with one attached hydrogen (secondary N) is 2. The van der Waals surface area contributed by atoms with E-state index in [9.17, 15) is 8.78 Å². The first-order valence-electron chi connectivity index (χ1n) is 9.80. The Morgan fingerprint density at radius 3 is 2.63 bits per heavy atom. The molecule has 0 saturated carbocycles.